The maximum Gasteiger partial charge on any atom is 0.174 e. The summed E-state index contributed by atoms with van der Waals surface area (Å²) in [5.74, 6) is 0.846. The Morgan fingerprint density at radius 3 is 2.50 bits per heavy atom. The minimum absolute atomic E-state index is 0.450. The number of aromatic amines is 1. The highest BCUT2D eigenvalue weighted by Crippen LogP contribution is 2.34. The van der Waals surface area contributed by atoms with E-state index in [4.69, 9.17) is 0 Å². The smallest absolute Gasteiger partial charge is 0.174 e. The first-order chi connectivity index (χ1) is 7.70. The molecule has 92 valence electrons. The highest BCUT2D eigenvalue weighted by Gasteiger charge is 2.22. The number of H-pyrrole nitrogens is 1. The first kappa shape index (κ1) is 13.1. The summed E-state index contributed by atoms with van der Waals surface area (Å²) < 4.78 is 0. The van der Waals surface area contributed by atoms with Gasteiger partial charge in [-0.2, -0.15) is 5.21 Å². The van der Waals surface area contributed by atoms with Crippen LogP contribution in [0.15, 0.2) is 0 Å². The summed E-state index contributed by atoms with van der Waals surface area (Å²) in [6.45, 7) is 6.91. The molecule has 1 aromatic heterocycles. The molecule has 1 heterocycles. The van der Waals surface area contributed by atoms with Crippen LogP contribution >= 0.6 is 0 Å². The minimum Gasteiger partial charge on any atom is -0.177 e. The molecule has 16 heavy (non-hydrogen) atoms. The molecule has 0 amide bonds. The topological polar surface area (TPSA) is 54.5 Å². The summed E-state index contributed by atoms with van der Waals surface area (Å²) >= 11 is 0. The van der Waals surface area contributed by atoms with Gasteiger partial charge in [0.1, 0.15) is 0 Å². The average molecular weight is 224 g/mol. The van der Waals surface area contributed by atoms with Crippen LogP contribution in [0.3, 0.4) is 0 Å². The van der Waals surface area contributed by atoms with E-state index in [-0.39, 0.29) is 0 Å². The molecular weight excluding hydrogens is 200 g/mol. The molecule has 0 fully saturated rings. The van der Waals surface area contributed by atoms with Gasteiger partial charge in [0, 0.05) is 6.42 Å². The molecule has 1 rings (SSSR count). The molecule has 0 aliphatic heterocycles. The van der Waals surface area contributed by atoms with E-state index in [1.807, 2.05) is 0 Å². The predicted octanol–water partition coefficient (Wildman–Crippen LogP) is 3.13. The number of aryl methyl sites for hydroxylation is 1. The van der Waals surface area contributed by atoms with Gasteiger partial charge in [0.05, 0.1) is 0 Å². The summed E-state index contributed by atoms with van der Waals surface area (Å²) in [7, 11) is 0. The van der Waals surface area contributed by atoms with Crippen molar-refractivity contribution >= 4 is 0 Å². The van der Waals surface area contributed by atoms with E-state index in [2.05, 4.69) is 41.4 Å². The van der Waals surface area contributed by atoms with Gasteiger partial charge in [-0.15, -0.1) is 10.2 Å². The molecular formula is C12H24N4. The zero-order chi connectivity index (χ0) is 11.9. The van der Waals surface area contributed by atoms with Crippen LogP contribution in [-0.2, 0) is 6.42 Å². The Hall–Kier alpha value is -0.930. The second-order valence-electron chi connectivity index (χ2n) is 4.99. The second-order valence-corrected chi connectivity index (χ2v) is 4.99. The van der Waals surface area contributed by atoms with E-state index < -0.39 is 0 Å². The van der Waals surface area contributed by atoms with Crippen LogP contribution in [0, 0.1) is 5.41 Å². The second kappa shape index (κ2) is 6.61. The molecule has 0 spiro atoms. The number of tetrazole rings is 1. The third kappa shape index (κ3) is 4.29. The van der Waals surface area contributed by atoms with Crippen molar-refractivity contribution < 1.29 is 0 Å². The summed E-state index contributed by atoms with van der Waals surface area (Å²) in [5, 5.41) is 14.1. The van der Waals surface area contributed by atoms with Gasteiger partial charge >= 0.3 is 0 Å². The number of unbranched alkanes of at least 4 members (excludes halogenated alkanes) is 1. The molecule has 4 heteroatoms. The van der Waals surface area contributed by atoms with Gasteiger partial charge in [0.15, 0.2) is 5.82 Å². The Bertz CT molecular complexity index is 271. The van der Waals surface area contributed by atoms with Crippen LogP contribution in [0.5, 0.6) is 0 Å². The average Bonchev–Trinajstić information content (AvgIpc) is 2.77. The van der Waals surface area contributed by atoms with Crippen LogP contribution in [0.1, 0.15) is 65.1 Å². The number of nitrogens with zero attached hydrogens (tertiary/aromatic N) is 3. The Morgan fingerprint density at radius 1 is 1.12 bits per heavy atom. The summed E-state index contributed by atoms with van der Waals surface area (Å²) in [5.41, 5.74) is 0.450. The first-order valence-electron chi connectivity index (χ1n) is 6.42. The molecule has 0 aliphatic carbocycles. The van der Waals surface area contributed by atoms with E-state index >= 15 is 0 Å². The monoisotopic (exact) mass is 224 g/mol. The Labute approximate surface area is 98.2 Å². The van der Waals surface area contributed by atoms with E-state index in [1.54, 1.807) is 0 Å². The molecule has 0 aromatic carbocycles. The van der Waals surface area contributed by atoms with Crippen LogP contribution in [0.25, 0.3) is 0 Å². The van der Waals surface area contributed by atoms with Crippen molar-refractivity contribution in [2.24, 2.45) is 5.41 Å². The van der Waals surface area contributed by atoms with Crippen molar-refractivity contribution in [1.82, 2.24) is 20.6 Å². The fourth-order valence-electron chi connectivity index (χ4n) is 2.28. The van der Waals surface area contributed by atoms with Crippen LogP contribution in [-0.4, -0.2) is 20.6 Å². The zero-order valence-electron chi connectivity index (χ0n) is 10.8. The van der Waals surface area contributed by atoms with Gasteiger partial charge in [-0.1, -0.05) is 45.2 Å². The lowest BCUT2D eigenvalue weighted by molar-refractivity contribution is 0.238. The van der Waals surface area contributed by atoms with Crippen LogP contribution < -0.4 is 0 Å². The van der Waals surface area contributed by atoms with Gasteiger partial charge in [0.25, 0.3) is 0 Å². The van der Waals surface area contributed by atoms with E-state index in [9.17, 15) is 0 Å². The van der Waals surface area contributed by atoms with Crippen molar-refractivity contribution in [1.29, 1.82) is 0 Å². The normalized spacial score (nSPS) is 14.9. The molecule has 1 atom stereocenters. The molecule has 0 aliphatic rings. The highest BCUT2D eigenvalue weighted by atomic mass is 15.5. The van der Waals surface area contributed by atoms with Crippen molar-refractivity contribution in [3.63, 3.8) is 0 Å². The van der Waals surface area contributed by atoms with E-state index in [0.717, 1.165) is 12.2 Å². The standard InChI is InChI=1S/C12H24N4/c1-4-6-9-12(3,8-5-2)10-7-11-13-15-16-14-11/h4-10H2,1-3H3,(H,13,14,15,16). The number of rotatable bonds is 8. The lowest BCUT2D eigenvalue weighted by Crippen LogP contribution is -2.17. The number of hydrogen-bond acceptors (Lipinski definition) is 3. The van der Waals surface area contributed by atoms with Gasteiger partial charge < -0.3 is 0 Å². The third-order valence-corrected chi connectivity index (χ3v) is 3.33. The Morgan fingerprint density at radius 2 is 1.94 bits per heavy atom. The molecule has 1 aromatic rings. The number of nitrogens with one attached hydrogen (secondary N) is 1. The van der Waals surface area contributed by atoms with Crippen molar-refractivity contribution in [3.05, 3.63) is 5.82 Å². The molecule has 1 unspecified atom stereocenters. The lowest BCUT2D eigenvalue weighted by Gasteiger charge is -2.29. The van der Waals surface area contributed by atoms with Crippen molar-refractivity contribution in [3.8, 4) is 0 Å². The lowest BCUT2D eigenvalue weighted by atomic mass is 9.77. The van der Waals surface area contributed by atoms with Gasteiger partial charge in [-0.25, -0.2) is 0 Å². The number of hydrogen-bond donors (Lipinski definition) is 1. The summed E-state index contributed by atoms with van der Waals surface area (Å²) in [6.07, 6.45) is 8.58. The van der Waals surface area contributed by atoms with Crippen LogP contribution in [0.4, 0.5) is 0 Å². The summed E-state index contributed by atoms with van der Waals surface area (Å²) in [4.78, 5) is 0. The quantitative estimate of drug-likeness (QED) is 0.738. The minimum atomic E-state index is 0.450. The fourth-order valence-corrected chi connectivity index (χ4v) is 2.28. The summed E-state index contributed by atoms with van der Waals surface area (Å²) in [6, 6.07) is 0. The molecule has 0 bridgehead atoms. The number of aromatic nitrogens is 4. The molecule has 0 saturated heterocycles. The predicted molar refractivity (Wildman–Crippen MR) is 65.0 cm³/mol. The first-order valence-corrected chi connectivity index (χ1v) is 6.42. The molecule has 0 radical (unpaired) electrons. The van der Waals surface area contributed by atoms with E-state index in [0.29, 0.717) is 5.41 Å². The van der Waals surface area contributed by atoms with E-state index in [1.165, 1.54) is 38.5 Å². The van der Waals surface area contributed by atoms with Gasteiger partial charge in [0.2, 0.25) is 0 Å². The molecule has 1 N–H and O–H groups in total. The van der Waals surface area contributed by atoms with Crippen LogP contribution in [0.2, 0.25) is 0 Å². The fraction of sp³-hybridized carbons (Fsp3) is 0.917. The highest BCUT2D eigenvalue weighted by molar-refractivity contribution is 4.82. The van der Waals surface area contributed by atoms with Crippen molar-refractivity contribution in [2.45, 2.75) is 65.7 Å². The largest absolute Gasteiger partial charge is 0.177 e. The van der Waals surface area contributed by atoms with Gasteiger partial charge in [-0.3, -0.25) is 0 Å². The molecule has 0 saturated carbocycles. The molecule has 4 nitrogen and oxygen atoms in total. The Kier molecular flexibility index (Phi) is 5.43. The maximum absolute atomic E-state index is 4.01. The third-order valence-electron chi connectivity index (χ3n) is 3.33. The zero-order valence-corrected chi connectivity index (χ0v) is 10.8. The SMILES string of the molecule is CCCCC(C)(CCC)CCc1nn[nH]n1. The maximum atomic E-state index is 4.01. The Balaban J connectivity index is 2.43. The van der Waals surface area contributed by atoms with Crippen molar-refractivity contribution in [2.75, 3.05) is 0 Å². The van der Waals surface area contributed by atoms with Gasteiger partial charge in [-0.05, 0) is 24.7 Å².